The average molecular weight is 431 g/mol. The van der Waals surface area contributed by atoms with Gasteiger partial charge in [-0.2, -0.15) is 23.3 Å². The van der Waals surface area contributed by atoms with Gasteiger partial charge in [0.2, 0.25) is 5.82 Å². The van der Waals surface area contributed by atoms with Crippen LogP contribution in [-0.4, -0.2) is 42.8 Å². The van der Waals surface area contributed by atoms with E-state index in [0.717, 1.165) is 50.0 Å². The van der Waals surface area contributed by atoms with Crippen molar-refractivity contribution < 1.29 is 17.7 Å². The zero-order chi connectivity index (χ0) is 21.6. The first kappa shape index (κ1) is 19.4. The Kier molecular flexibility index (Phi) is 4.58. The fraction of sp³-hybridized carbons (Fsp3) is 0.316. The van der Waals surface area contributed by atoms with Gasteiger partial charge in [-0.25, -0.2) is 4.52 Å². The van der Waals surface area contributed by atoms with Gasteiger partial charge in [0.05, 0.1) is 17.5 Å². The van der Waals surface area contributed by atoms with Crippen molar-refractivity contribution in [3.8, 4) is 23.0 Å². The molecule has 0 saturated carbocycles. The van der Waals surface area contributed by atoms with Gasteiger partial charge in [0, 0.05) is 18.2 Å². The fourth-order valence-electron chi connectivity index (χ4n) is 3.74. The van der Waals surface area contributed by atoms with Crippen molar-refractivity contribution in [3.05, 3.63) is 52.2 Å². The molecule has 1 fully saturated rings. The molecule has 0 aromatic carbocycles. The lowest BCUT2D eigenvalue weighted by Gasteiger charge is -2.23. The number of alkyl halides is 3. The standard InChI is InChI=1S/C19H16F3N7O2/c20-19(21,22)11-3-6-24-13(7-11)16-27-18(31-28-16)12-9-25-29-14(8-15(30)26-17(12)29)10-1-4-23-5-2-10/h3,6-10,23H,1-2,4-5H2,(H,26,30). The maximum Gasteiger partial charge on any atom is 0.416 e. The Balaban J connectivity index is 1.55. The summed E-state index contributed by atoms with van der Waals surface area (Å²) in [5.41, 5.74) is 0.306. The molecule has 1 aliphatic rings. The quantitative estimate of drug-likeness (QED) is 0.513. The molecule has 2 N–H and O–H groups in total. The van der Waals surface area contributed by atoms with Crippen molar-refractivity contribution in [2.45, 2.75) is 24.9 Å². The van der Waals surface area contributed by atoms with Crippen molar-refractivity contribution in [2.75, 3.05) is 13.1 Å². The van der Waals surface area contributed by atoms with Gasteiger partial charge in [0.25, 0.3) is 11.4 Å². The zero-order valence-corrected chi connectivity index (χ0v) is 16.0. The molecule has 1 aliphatic heterocycles. The van der Waals surface area contributed by atoms with Gasteiger partial charge in [-0.3, -0.25) is 9.78 Å². The number of piperidine rings is 1. The Hall–Kier alpha value is -3.54. The molecule has 0 radical (unpaired) electrons. The molecule has 9 nitrogen and oxygen atoms in total. The van der Waals surface area contributed by atoms with Crippen LogP contribution in [0.25, 0.3) is 28.6 Å². The number of aromatic amines is 1. The summed E-state index contributed by atoms with van der Waals surface area (Å²) in [7, 11) is 0. The Labute approximate surface area is 172 Å². The number of hydrogen-bond acceptors (Lipinski definition) is 7. The lowest BCUT2D eigenvalue weighted by Crippen LogP contribution is -2.28. The maximum atomic E-state index is 13.0. The predicted molar refractivity (Wildman–Crippen MR) is 102 cm³/mol. The van der Waals surface area contributed by atoms with E-state index in [9.17, 15) is 18.0 Å². The van der Waals surface area contributed by atoms with E-state index in [0.29, 0.717) is 11.2 Å². The van der Waals surface area contributed by atoms with E-state index in [-0.39, 0.29) is 28.9 Å². The number of aromatic nitrogens is 6. The third-order valence-corrected chi connectivity index (χ3v) is 5.26. The fourth-order valence-corrected chi connectivity index (χ4v) is 3.74. The first-order chi connectivity index (χ1) is 14.9. The Morgan fingerprint density at radius 3 is 2.77 bits per heavy atom. The molecule has 0 atom stereocenters. The Morgan fingerprint density at radius 1 is 1.19 bits per heavy atom. The highest BCUT2D eigenvalue weighted by atomic mass is 19.4. The van der Waals surface area contributed by atoms with E-state index in [1.807, 2.05) is 0 Å². The molecule has 0 spiro atoms. The third-order valence-electron chi connectivity index (χ3n) is 5.26. The van der Waals surface area contributed by atoms with Gasteiger partial charge in [-0.15, -0.1) is 0 Å². The van der Waals surface area contributed by atoms with Crippen LogP contribution in [0, 0.1) is 0 Å². The number of fused-ring (bicyclic) bond motifs is 1. The highest BCUT2D eigenvalue weighted by molar-refractivity contribution is 5.72. The second-order valence-electron chi connectivity index (χ2n) is 7.25. The van der Waals surface area contributed by atoms with E-state index >= 15 is 0 Å². The smallest absolute Gasteiger partial charge is 0.333 e. The molecule has 0 amide bonds. The highest BCUT2D eigenvalue weighted by Crippen LogP contribution is 2.32. The van der Waals surface area contributed by atoms with Crippen molar-refractivity contribution in [2.24, 2.45) is 0 Å². The normalized spacial score (nSPS) is 15.6. The minimum Gasteiger partial charge on any atom is -0.333 e. The molecule has 4 aromatic heterocycles. The van der Waals surface area contributed by atoms with Crippen LogP contribution in [0.5, 0.6) is 0 Å². The van der Waals surface area contributed by atoms with E-state index in [2.05, 4.69) is 30.5 Å². The zero-order valence-electron chi connectivity index (χ0n) is 16.0. The van der Waals surface area contributed by atoms with Crippen LogP contribution in [0.2, 0.25) is 0 Å². The van der Waals surface area contributed by atoms with E-state index < -0.39 is 11.7 Å². The summed E-state index contributed by atoms with van der Waals surface area (Å²) in [6, 6.07) is 3.25. The molecular weight excluding hydrogens is 415 g/mol. The number of nitrogens with one attached hydrogen (secondary N) is 2. The average Bonchev–Trinajstić information content (AvgIpc) is 3.40. The molecule has 31 heavy (non-hydrogen) atoms. The molecule has 0 aliphatic carbocycles. The van der Waals surface area contributed by atoms with Crippen molar-refractivity contribution >= 4 is 5.65 Å². The number of hydrogen-bond donors (Lipinski definition) is 2. The molecular formula is C19H16F3N7O2. The number of pyridine rings is 1. The highest BCUT2D eigenvalue weighted by Gasteiger charge is 2.31. The first-order valence-electron chi connectivity index (χ1n) is 9.59. The Morgan fingerprint density at radius 2 is 2.00 bits per heavy atom. The van der Waals surface area contributed by atoms with Crippen LogP contribution in [0.4, 0.5) is 13.2 Å². The van der Waals surface area contributed by atoms with Gasteiger partial charge >= 0.3 is 6.18 Å². The summed E-state index contributed by atoms with van der Waals surface area (Å²) < 4.78 is 45.8. The largest absolute Gasteiger partial charge is 0.416 e. The molecule has 1 saturated heterocycles. The van der Waals surface area contributed by atoms with Gasteiger partial charge in [-0.1, -0.05) is 5.16 Å². The summed E-state index contributed by atoms with van der Waals surface area (Å²) in [6.45, 7) is 1.70. The molecule has 5 heterocycles. The number of rotatable bonds is 3. The van der Waals surface area contributed by atoms with Crippen LogP contribution in [-0.2, 0) is 6.18 Å². The van der Waals surface area contributed by atoms with Crippen LogP contribution in [0.3, 0.4) is 0 Å². The van der Waals surface area contributed by atoms with E-state index in [1.54, 1.807) is 4.52 Å². The van der Waals surface area contributed by atoms with Crippen molar-refractivity contribution in [3.63, 3.8) is 0 Å². The van der Waals surface area contributed by atoms with Crippen LogP contribution >= 0.6 is 0 Å². The summed E-state index contributed by atoms with van der Waals surface area (Å²) in [4.78, 5) is 23.1. The first-order valence-corrected chi connectivity index (χ1v) is 9.59. The van der Waals surface area contributed by atoms with E-state index in [1.165, 1.54) is 12.3 Å². The monoisotopic (exact) mass is 431 g/mol. The maximum absolute atomic E-state index is 13.0. The van der Waals surface area contributed by atoms with Gasteiger partial charge in [0.15, 0.2) is 0 Å². The summed E-state index contributed by atoms with van der Waals surface area (Å²) in [6.07, 6.45) is -0.254. The van der Waals surface area contributed by atoms with Crippen LogP contribution in [0.15, 0.2) is 39.9 Å². The molecule has 4 aromatic rings. The van der Waals surface area contributed by atoms with Crippen LogP contribution < -0.4 is 10.9 Å². The van der Waals surface area contributed by atoms with Crippen LogP contribution in [0.1, 0.15) is 30.0 Å². The molecule has 0 unspecified atom stereocenters. The second-order valence-corrected chi connectivity index (χ2v) is 7.25. The SMILES string of the molecule is O=c1cc(C2CCNCC2)n2ncc(-c3nc(-c4cc(C(F)(F)F)ccn4)no3)c2[nH]1. The minimum atomic E-state index is -4.52. The van der Waals surface area contributed by atoms with Crippen molar-refractivity contribution in [1.29, 1.82) is 0 Å². The Bertz CT molecular complexity index is 1300. The molecule has 160 valence electrons. The molecule has 12 heteroatoms. The molecule has 5 rings (SSSR count). The number of nitrogens with zero attached hydrogens (tertiary/aromatic N) is 5. The summed E-state index contributed by atoms with van der Waals surface area (Å²) in [5, 5.41) is 11.4. The van der Waals surface area contributed by atoms with Crippen molar-refractivity contribution in [1.82, 2.24) is 35.0 Å². The predicted octanol–water partition coefficient (Wildman–Crippen LogP) is 2.62. The van der Waals surface area contributed by atoms with E-state index in [4.69, 9.17) is 4.52 Å². The topological polar surface area (TPSA) is 114 Å². The van der Waals surface area contributed by atoms with Gasteiger partial charge in [0.1, 0.15) is 16.9 Å². The lowest BCUT2D eigenvalue weighted by atomic mass is 9.94. The minimum absolute atomic E-state index is 0.0160. The van der Waals surface area contributed by atoms with Gasteiger partial charge in [-0.05, 0) is 38.1 Å². The number of halogens is 3. The molecule has 0 bridgehead atoms. The van der Waals surface area contributed by atoms with Gasteiger partial charge < -0.3 is 14.8 Å². The second kappa shape index (κ2) is 7.30. The summed E-state index contributed by atoms with van der Waals surface area (Å²) in [5.74, 6) is 0.0889. The third kappa shape index (κ3) is 3.58. The summed E-state index contributed by atoms with van der Waals surface area (Å²) >= 11 is 0. The lowest BCUT2D eigenvalue weighted by molar-refractivity contribution is -0.137. The number of H-pyrrole nitrogens is 1.